The zero-order valence-electron chi connectivity index (χ0n) is 7.19. The second-order valence-corrected chi connectivity index (χ2v) is 2.24. The molecule has 0 radical (unpaired) electrons. The van der Waals surface area contributed by atoms with E-state index in [0.29, 0.717) is 0 Å². The maximum atomic E-state index is 10.5. The highest BCUT2D eigenvalue weighted by atomic mass is 16.6. The lowest BCUT2D eigenvalue weighted by Gasteiger charge is -2.08. The van der Waals surface area contributed by atoms with Crippen LogP contribution in [0.1, 0.15) is 13.3 Å². The predicted octanol–water partition coefficient (Wildman–Crippen LogP) is 0.582. The van der Waals surface area contributed by atoms with Gasteiger partial charge in [0.05, 0.1) is 0 Å². The average molecular weight is 182 g/mol. The van der Waals surface area contributed by atoms with Crippen molar-refractivity contribution in [3.8, 4) is 12.3 Å². The Hall–Kier alpha value is -1.76. The molecule has 0 rings (SSSR count). The van der Waals surface area contributed by atoms with Gasteiger partial charge in [-0.1, -0.05) is 12.0 Å². The Bertz CT molecular complexity index is 259. The molecular weight excluding hydrogens is 172 g/mol. The van der Waals surface area contributed by atoms with Gasteiger partial charge in [-0.2, -0.15) is 0 Å². The number of hydrogen-bond acceptors (Lipinski definition) is 3. The zero-order chi connectivity index (χ0) is 10.3. The molecule has 0 bridgehead atoms. The van der Waals surface area contributed by atoms with Crippen LogP contribution in [0.5, 0.6) is 0 Å². The molecule has 1 N–H and O–H groups in total. The summed E-state index contributed by atoms with van der Waals surface area (Å²) in [4.78, 5) is 20.9. The van der Waals surface area contributed by atoms with Crippen LogP contribution >= 0.6 is 0 Å². The molecule has 4 nitrogen and oxygen atoms in total. The number of carbonyl (C=O) groups excluding carboxylic acids is 1. The Labute approximate surface area is 76.2 Å². The molecule has 1 atom stereocenters. The summed E-state index contributed by atoms with van der Waals surface area (Å²) in [5.74, 6) is 0.394. The Morgan fingerprint density at radius 1 is 1.69 bits per heavy atom. The molecular formula is C9H10O4. The summed E-state index contributed by atoms with van der Waals surface area (Å²) < 4.78 is 4.50. The highest BCUT2D eigenvalue weighted by molar-refractivity contribution is 5.77. The van der Waals surface area contributed by atoms with Crippen LogP contribution in [0.2, 0.25) is 0 Å². The van der Waals surface area contributed by atoms with Crippen molar-refractivity contribution >= 4 is 11.9 Å². The van der Waals surface area contributed by atoms with Gasteiger partial charge in [0.25, 0.3) is 0 Å². The Morgan fingerprint density at radius 3 is 2.69 bits per heavy atom. The molecule has 13 heavy (non-hydrogen) atoms. The molecule has 0 fully saturated rings. The number of aliphatic carboxylic acids is 1. The van der Waals surface area contributed by atoms with E-state index < -0.39 is 18.0 Å². The van der Waals surface area contributed by atoms with Crippen LogP contribution in [-0.2, 0) is 14.3 Å². The van der Waals surface area contributed by atoms with Crippen LogP contribution in [-0.4, -0.2) is 23.1 Å². The van der Waals surface area contributed by atoms with E-state index in [1.165, 1.54) is 12.2 Å². The molecule has 1 unspecified atom stereocenters. The fourth-order valence-electron chi connectivity index (χ4n) is 0.659. The van der Waals surface area contributed by atoms with Crippen molar-refractivity contribution in [2.75, 3.05) is 0 Å². The Morgan fingerprint density at radius 2 is 2.31 bits per heavy atom. The van der Waals surface area contributed by atoms with Crippen molar-refractivity contribution in [2.45, 2.75) is 19.4 Å². The van der Waals surface area contributed by atoms with Crippen LogP contribution in [0.25, 0.3) is 0 Å². The van der Waals surface area contributed by atoms with Gasteiger partial charge in [-0.15, -0.1) is 6.42 Å². The summed E-state index contributed by atoms with van der Waals surface area (Å²) in [5, 5.41) is 8.56. The summed E-state index contributed by atoms with van der Waals surface area (Å²) in [6.07, 6.45) is 6.65. The number of esters is 1. The number of rotatable bonds is 4. The largest absolute Gasteiger partial charge is 0.478 e. The van der Waals surface area contributed by atoms with Crippen LogP contribution < -0.4 is 0 Å². The van der Waals surface area contributed by atoms with E-state index in [0.717, 1.165) is 6.92 Å². The SMILES string of the molecule is C#CC=CCC(OC(C)=O)C(=O)O. The van der Waals surface area contributed by atoms with Crippen molar-refractivity contribution in [3.05, 3.63) is 12.2 Å². The first-order chi connectivity index (χ1) is 6.07. The van der Waals surface area contributed by atoms with Gasteiger partial charge in [-0.25, -0.2) is 4.79 Å². The molecule has 0 aliphatic carbocycles. The van der Waals surface area contributed by atoms with E-state index >= 15 is 0 Å². The summed E-state index contributed by atoms with van der Waals surface area (Å²) in [6, 6.07) is 0. The topological polar surface area (TPSA) is 63.6 Å². The number of ether oxygens (including phenoxy) is 1. The number of hydrogen-bond donors (Lipinski definition) is 1. The lowest BCUT2D eigenvalue weighted by molar-refractivity contribution is -0.162. The van der Waals surface area contributed by atoms with Gasteiger partial charge >= 0.3 is 11.9 Å². The van der Waals surface area contributed by atoms with Gasteiger partial charge in [0.15, 0.2) is 0 Å². The number of terminal acetylenes is 1. The average Bonchev–Trinajstić information content (AvgIpc) is 2.02. The van der Waals surface area contributed by atoms with Gasteiger partial charge in [-0.3, -0.25) is 4.79 Å². The third-order valence-corrected chi connectivity index (χ3v) is 1.15. The van der Waals surface area contributed by atoms with Gasteiger partial charge in [0.2, 0.25) is 6.10 Å². The molecule has 0 heterocycles. The molecule has 0 aliphatic rings. The van der Waals surface area contributed by atoms with E-state index in [1.54, 1.807) is 0 Å². The standard InChI is InChI=1S/C9H10O4/c1-3-4-5-6-8(9(11)12)13-7(2)10/h1,4-5,8H,6H2,2H3,(H,11,12). The van der Waals surface area contributed by atoms with Gasteiger partial charge in [-0.05, 0) is 6.08 Å². The van der Waals surface area contributed by atoms with Gasteiger partial charge < -0.3 is 9.84 Å². The van der Waals surface area contributed by atoms with Crippen LogP contribution in [0.15, 0.2) is 12.2 Å². The maximum Gasteiger partial charge on any atom is 0.345 e. The Balaban J connectivity index is 4.12. The van der Waals surface area contributed by atoms with Crippen LogP contribution in [0, 0.1) is 12.3 Å². The molecule has 0 aromatic rings. The molecule has 0 aromatic heterocycles. The normalized spacial score (nSPS) is 12.0. The third-order valence-electron chi connectivity index (χ3n) is 1.15. The van der Waals surface area contributed by atoms with Crippen LogP contribution in [0.4, 0.5) is 0 Å². The molecule has 0 aliphatic heterocycles. The summed E-state index contributed by atoms with van der Waals surface area (Å²) in [7, 11) is 0. The number of carbonyl (C=O) groups is 2. The van der Waals surface area contributed by atoms with Crippen molar-refractivity contribution in [1.29, 1.82) is 0 Å². The lowest BCUT2D eigenvalue weighted by atomic mass is 10.2. The highest BCUT2D eigenvalue weighted by Crippen LogP contribution is 2.00. The smallest absolute Gasteiger partial charge is 0.345 e. The lowest BCUT2D eigenvalue weighted by Crippen LogP contribution is -2.25. The second-order valence-electron chi connectivity index (χ2n) is 2.24. The fraction of sp³-hybridized carbons (Fsp3) is 0.333. The zero-order valence-corrected chi connectivity index (χ0v) is 7.19. The van der Waals surface area contributed by atoms with Gasteiger partial charge in [0.1, 0.15) is 0 Å². The molecule has 4 heteroatoms. The Kier molecular flexibility index (Phi) is 5.05. The predicted molar refractivity (Wildman–Crippen MR) is 45.8 cm³/mol. The molecule has 0 aromatic carbocycles. The first-order valence-corrected chi connectivity index (χ1v) is 3.59. The van der Waals surface area contributed by atoms with Crippen molar-refractivity contribution < 1.29 is 19.4 Å². The van der Waals surface area contributed by atoms with E-state index in [4.69, 9.17) is 11.5 Å². The third kappa shape index (κ3) is 5.50. The minimum atomic E-state index is -1.18. The monoisotopic (exact) mass is 182 g/mol. The summed E-state index contributed by atoms with van der Waals surface area (Å²) in [5.41, 5.74) is 0. The molecule has 0 saturated carbocycles. The van der Waals surface area contributed by atoms with Crippen molar-refractivity contribution in [2.24, 2.45) is 0 Å². The molecule has 0 spiro atoms. The number of carboxylic acids is 1. The first kappa shape index (κ1) is 11.2. The highest BCUT2D eigenvalue weighted by Gasteiger charge is 2.18. The maximum absolute atomic E-state index is 10.5. The minimum Gasteiger partial charge on any atom is -0.478 e. The van der Waals surface area contributed by atoms with Crippen molar-refractivity contribution in [1.82, 2.24) is 0 Å². The molecule has 0 amide bonds. The minimum absolute atomic E-state index is 0.0825. The second kappa shape index (κ2) is 5.84. The molecule has 0 saturated heterocycles. The quantitative estimate of drug-likeness (QED) is 0.510. The first-order valence-electron chi connectivity index (χ1n) is 3.59. The fourth-order valence-corrected chi connectivity index (χ4v) is 0.659. The summed E-state index contributed by atoms with van der Waals surface area (Å²) >= 11 is 0. The number of carboxylic acid groups (broad SMARTS) is 1. The number of allylic oxidation sites excluding steroid dienone is 1. The van der Waals surface area contributed by atoms with E-state index in [1.807, 2.05) is 0 Å². The van der Waals surface area contributed by atoms with Crippen LogP contribution in [0.3, 0.4) is 0 Å². The van der Waals surface area contributed by atoms with E-state index in [-0.39, 0.29) is 6.42 Å². The van der Waals surface area contributed by atoms with Gasteiger partial charge in [0, 0.05) is 13.3 Å². The van der Waals surface area contributed by atoms with Crippen molar-refractivity contribution in [3.63, 3.8) is 0 Å². The van der Waals surface area contributed by atoms with E-state index in [9.17, 15) is 9.59 Å². The van der Waals surface area contributed by atoms with E-state index in [2.05, 4.69) is 10.7 Å². The molecule has 70 valence electrons. The summed E-state index contributed by atoms with van der Waals surface area (Å²) in [6.45, 7) is 1.15.